The standard InChI is InChI=1S/C14H19N3/c1-10-16-13-6-5-11(9-14(13)17-10)8-12-4-2-3-7-15-12/h5-6,9,12,15H,2-4,7-8H2,1H3,(H,16,17). The average Bonchev–Trinajstić information content (AvgIpc) is 2.70. The van der Waals surface area contributed by atoms with E-state index in [1.807, 2.05) is 6.92 Å². The molecular weight excluding hydrogens is 210 g/mol. The number of rotatable bonds is 2. The Hall–Kier alpha value is -1.35. The number of piperidine rings is 1. The topological polar surface area (TPSA) is 40.7 Å². The maximum atomic E-state index is 4.43. The number of aromatic amines is 1. The minimum absolute atomic E-state index is 0.658. The zero-order valence-electron chi connectivity index (χ0n) is 10.3. The first-order valence-electron chi connectivity index (χ1n) is 6.50. The van der Waals surface area contributed by atoms with Gasteiger partial charge >= 0.3 is 0 Å². The third-order valence-corrected chi connectivity index (χ3v) is 3.56. The van der Waals surface area contributed by atoms with E-state index < -0.39 is 0 Å². The van der Waals surface area contributed by atoms with Crippen molar-refractivity contribution in [1.29, 1.82) is 0 Å². The van der Waals surface area contributed by atoms with Crippen molar-refractivity contribution in [2.45, 2.75) is 38.6 Å². The summed E-state index contributed by atoms with van der Waals surface area (Å²) in [5.74, 6) is 0.993. The van der Waals surface area contributed by atoms with E-state index in [1.165, 1.54) is 31.4 Å². The number of benzene rings is 1. The molecule has 1 aliphatic heterocycles. The van der Waals surface area contributed by atoms with Gasteiger partial charge in [-0.2, -0.15) is 0 Å². The highest BCUT2D eigenvalue weighted by Crippen LogP contribution is 2.17. The second-order valence-corrected chi connectivity index (χ2v) is 5.02. The van der Waals surface area contributed by atoms with Gasteiger partial charge in [0.1, 0.15) is 5.82 Å². The van der Waals surface area contributed by atoms with E-state index in [9.17, 15) is 0 Å². The van der Waals surface area contributed by atoms with E-state index in [2.05, 4.69) is 33.5 Å². The summed E-state index contributed by atoms with van der Waals surface area (Å²) >= 11 is 0. The third-order valence-electron chi connectivity index (χ3n) is 3.56. The predicted molar refractivity (Wildman–Crippen MR) is 70.2 cm³/mol. The Labute approximate surface area is 102 Å². The van der Waals surface area contributed by atoms with Gasteiger partial charge < -0.3 is 10.3 Å². The first-order chi connectivity index (χ1) is 8.31. The van der Waals surface area contributed by atoms with Gasteiger partial charge in [0.25, 0.3) is 0 Å². The van der Waals surface area contributed by atoms with E-state index in [4.69, 9.17) is 0 Å². The van der Waals surface area contributed by atoms with Gasteiger partial charge in [-0.1, -0.05) is 12.5 Å². The molecule has 0 radical (unpaired) electrons. The summed E-state index contributed by atoms with van der Waals surface area (Å²) in [4.78, 5) is 7.73. The molecule has 2 N–H and O–H groups in total. The summed E-state index contributed by atoms with van der Waals surface area (Å²) in [5, 5.41) is 3.60. The minimum Gasteiger partial charge on any atom is -0.342 e. The number of hydrogen-bond acceptors (Lipinski definition) is 2. The Bertz CT molecular complexity index is 509. The molecule has 1 saturated heterocycles. The van der Waals surface area contributed by atoms with Gasteiger partial charge in [-0.3, -0.25) is 0 Å². The summed E-state index contributed by atoms with van der Waals surface area (Å²) in [6.45, 7) is 3.18. The second kappa shape index (κ2) is 4.49. The van der Waals surface area contributed by atoms with Crippen LogP contribution in [0.5, 0.6) is 0 Å². The molecule has 2 aromatic rings. The quantitative estimate of drug-likeness (QED) is 0.831. The van der Waals surface area contributed by atoms with E-state index in [1.54, 1.807) is 0 Å². The van der Waals surface area contributed by atoms with Crippen LogP contribution in [0.2, 0.25) is 0 Å². The van der Waals surface area contributed by atoms with Gasteiger partial charge in [0.2, 0.25) is 0 Å². The highest BCUT2D eigenvalue weighted by atomic mass is 14.9. The SMILES string of the molecule is Cc1nc2ccc(CC3CCCCN3)cc2[nH]1. The molecule has 0 aliphatic carbocycles. The lowest BCUT2D eigenvalue weighted by Crippen LogP contribution is -2.35. The summed E-state index contributed by atoms with van der Waals surface area (Å²) in [6.07, 6.45) is 5.13. The summed E-state index contributed by atoms with van der Waals surface area (Å²) in [5.41, 5.74) is 3.64. The molecule has 0 saturated carbocycles. The molecule has 1 unspecified atom stereocenters. The molecule has 2 heterocycles. The first kappa shape index (κ1) is 10.8. The number of hydrogen-bond donors (Lipinski definition) is 2. The Morgan fingerprint density at radius 2 is 2.29 bits per heavy atom. The lowest BCUT2D eigenvalue weighted by atomic mass is 9.98. The molecule has 1 fully saturated rings. The largest absolute Gasteiger partial charge is 0.342 e. The number of fused-ring (bicyclic) bond motifs is 1. The second-order valence-electron chi connectivity index (χ2n) is 5.02. The smallest absolute Gasteiger partial charge is 0.104 e. The van der Waals surface area contributed by atoms with Gasteiger partial charge in [0, 0.05) is 6.04 Å². The molecule has 0 spiro atoms. The van der Waals surface area contributed by atoms with Crippen molar-refractivity contribution in [2.24, 2.45) is 0 Å². The molecule has 3 heteroatoms. The number of aromatic nitrogens is 2. The highest BCUT2D eigenvalue weighted by Gasteiger charge is 2.13. The van der Waals surface area contributed by atoms with Crippen molar-refractivity contribution in [2.75, 3.05) is 6.54 Å². The fraction of sp³-hybridized carbons (Fsp3) is 0.500. The molecule has 0 amide bonds. The fourth-order valence-electron chi connectivity index (χ4n) is 2.69. The van der Waals surface area contributed by atoms with Crippen molar-refractivity contribution in [3.05, 3.63) is 29.6 Å². The maximum absolute atomic E-state index is 4.43. The summed E-state index contributed by atoms with van der Waals surface area (Å²) in [7, 11) is 0. The number of imidazole rings is 1. The lowest BCUT2D eigenvalue weighted by molar-refractivity contribution is 0.399. The van der Waals surface area contributed by atoms with Gasteiger partial charge in [0.05, 0.1) is 11.0 Å². The molecule has 1 aromatic heterocycles. The van der Waals surface area contributed by atoms with Crippen LogP contribution in [0.4, 0.5) is 0 Å². The van der Waals surface area contributed by atoms with Crippen molar-refractivity contribution in [1.82, 2.24) is 15.3 Å². The molecule has 3 rings (SSSR count). The number of aryl methyl sites for hydroxylation is 1. The first-order valence-corrected chi connectivity index (χ1v) is 6.50. The van der Waals surface area contributed by atoms with E-state index in [0.29, 0.717) is 6.04 Å². The number of nitrogens with one attached hydrogen (secondary N) is 2. The molecule has 17 heavy (non-hydrogen) atoms. The van der Waals surface area contributed by atoms with Gasteiger partial charge in [0.15, 0.2) is 0 Å². The Balaban J connectivity index is 1.79. The molecule has 3 nitrogen and oxygen atoms in total. The molecule has 90 valence electrons. The van der Waals surface area contributed by atoms with Gasteiger partial charge in [-0.15, -0.1) is 0 Å². The van der Waals surface area contributed by atoms with E-state index in [-0.39, 0.29) is 0 Å². The summed E-state index contributed by atoms with van der Waals surface area (Å²) < 4.78 is 0. The normalized spacial score (nSPS) is 20.9. The molecule has 1 atom stereocenters. The molecule has 1 aliphatic rings. The van der Waals surface area contributed by atoms with Crippen LogP contribution in [0.15, 0.2) is 18.2 Å². The lowest BCUT2D eigenvalue weighted by Gasteiger charge is -2.23. The predicted octanol–water partition coefficient (Wildman–Crippen LogP) is 2.56. The Morgan fingerprint density at radius 3 is 3.12 bits per heavy atom. The molecule has 0 bridgehead atoms. The number of H-pyrrole nitrogens is 1. The van der Waals surface area contributed by atoms with Crippen molar-refractivity contribution >= 4 is 11.0 Å². The monoisotopic (exact) mass is 229 g/mol. The van der Waals surface area contributed by atoms with E-state index in [0.717, 1.165) is 23.3 Å². The number of nitrogens with zero attached hydrogens (tertiary/aromatic N) is 1. The van der Waals surface area contributed by atoms with Crippen molar-refractivity contribution < 1.29 is 0 Å². The van der Waals surface area contributed by atoms with Gasteiger partial charge in [-0.05, 0) is 50.4 Å². The van der Waals surface area contributed by atoms with E-state index >= 15 is 0 Å². The fourth-order valence-corrected chi connectivity index (χ4v) is 2.69. The van der Waals surface area contributed by atoms with Crippen LogP contribution in [-0.2, 0) is 6.42 Å². The maximum Gasteiger partial charge on any atom is 0.104 e. The van der Waals surface area contributed by atoms with Crippen LogP contribution in [0.1, 0.15) is 30.7 Å². The Kier molecular flexibility index (Phi) is 2.85. The van der Waals surface area contributed by atoms with Crippen molar-refractivity contribution in [3.63, 3.8) is 0 Å². The molecular formula is C14H19N3. The zero-order valence-corrected chi connectivity index (χ0v) is 10.3. The molecule has 1 aromatic carbocycles. The average molecular weight is 229 g/mol. The highest BCUT2D eigenvalue weighted by molar-refractivity contribution is 5.75. The van der Waals surface area contributed by atoms with Crippen LogP contribution < -0.4 is 5.32 Å². The minimum atomic E-state index is 0.658. The van der Waals surface area contributed by atoms with Crippen LogP contribution in [0, 0.1) is 6.92 Å². The zero-order chi connectivity index (χ0) is 11.7. The van der Waals surface area contributed by atoms with Crippen LogP contribution in [0.25, 0.3) is 11.0 Å². The Morgan fingerprint density at radius 1 is 1.35 bits per heavy atom. The van der Waals surface area contributed by atoms with Gasteiger partial charge in [-0.25, -0.2) is 4.98 Å². The van der Waals surface area contributed by atoms with Crippen LogP contribution >= 0.6 is 0 Å². The van der Waals surface area contributed by atoms with Crippen LogP contribution in [0.3, 0.4) is 0 Å². The van der Waals surface area contributed by atoms with Crippen LogP contribution in [-0.4, -0.2) is 22.6 Å². The summed E-state index contributed by atoms with van der Waals surface area (Å²) in [6, 6.07) is 7.23. The van der Waals surface area contributed by atoms with Crippen molar-refractivity contribution in [3.8, 4) is 0 Å². The third kappa shape index (κ3) is 2.34.